The number of hydrogen-bond acceptors (Lipinski definition) is 6. The van der Waals surface area contributed by atoms with Crippen molar-refractivity contribution in [2.45, 2.75) is 33.0 Å². The van der Waals surface area contributed by atoms with E-state index >= 15 is 0 Å². The van der Waals surface area contributed by atoms with E-state index in [1.807, 2.05) is 13.0 Å². The Labute approximate surface area is 176 Å². The maximum atomic E-state index is 13.2. The first kappa shape index (κ1) is 20.6. The number of aromatic nitrogens is 1. The average Bonchev–Trinajstić information content (AvgIpc) is 3.21. The molecule has 3 aromatic rings. The fourth-order valence-electron chi connectivity index (χ4n) is 3.21. The van der Waals surface area contributed by atoms with Crippen molar-refractivity contribution in [1.29, 1.82) is 0 Å². The van der Waals surface area contributed by atoms with Crippen LogP contribution in [0, 0.1) is 13.8 Å². The SMILES string of the molecule is Cc1ccc(CC(=O)O)cc1OCCc1nc(-c2ccc3c(c2)OC(F)(F)O3)oc1C. The third-order valence-electron chi connectivity index (χ3n) is 4.75. The predicted octanol–water partition coefficient (Wildman–Crippen LogP) is 4.53. The number of carbonyl (C=O) groups is 1. The Kier molecular flexibility index (Phi) is 5.26. The summed E-state index contributed by atoms with van der Waals surface area (Å²) in [5.41, 5.74) is 2.69. The molecule has 162 valence electrons. The fraction of sp³-hybridized carbons (Fsp3) is 0.273. The van der Waals surface area contributed by atoms with Crippen LogP contribution >= 0.6 is 0 Å². The Bertz CT molecular complexity index is 1140. The van der Waals surface area contributed by atoms with Crippen molar-refractivity contribution in [1.82, 2.24) is 4.98 Å². The van der Waals surface area contributed by atoms with E-state index < -0.39 is 12.3 Å². The molecule has 2 heterocycles. The lowest BCUT2D eigenvalue weighted by molar-refractivity contribution is -0.286. The van der Waals surface area contributed by atoms with Crippen LogP contribution in [0.3, 0.4) is 0 Å². The van der Waals surface area contributed by atoms with Gasteiger partial charge in [0.2, 0.25) is 5.89 Å². The number of ether oxygens (including phenoxy) is 3. The Hall–Kier alpha value is -3.62. The van der Waals surface area contributed by atoms with Gasteiger partial charge in [-0.05, 0) is 49.2 Å². The Balaban J connectivity index is 1.43. The molecule has 0 atom stereocenters. The van der Waals surface area contributed by atoms with Gasteiger partial charge in [0.1, 0.15) is 11.5 Å². The van der Waals surface area contributed by atoms with Crippen LogP contribution in [0.4, 0.5) is 8.78 Å². The highest BCUT2D eigenvalue weighted by molar-refractivity contribution is 5.70. The van der Waals surface area contributed by atoms with Crippen molar-refractivity contribution >= 4 is 5.97 Å². The van der Waals surface area contributed by atoms with Gasteiger partial charge in [-0.25, -0.2) is 4.98 Å². The molecule has 1 aliphatic rings. The molecule has 0 radical (unpaired) electrons. The van der Waals surface area contributed by atoms with Crippen LogP contribution in [-0.4, -0.2) is 29.0 Å². The first-order valence-corrected chi connectivity index (χ1v) is 9.51. The Morgan fingerprint density at radius 1 is 1.13 bits per heavy atom. The molecule has 0 spiro atoms. The molecule has 0 unspecified atom stereocenters. The summed E-state index contributed by atoms with van der Waals surface area (Å²) in [5, 5.41) is 8.94. The zero-order valence-electron chi connectivity index (χ0n) is 16.8. The minimum Gasteiger partial charge on any atom is -0.493 e. The van der Waals surface area contributed by atoms with E-state index in [-0.39, 0.29) is 23.8 Å². The summed E-state index contributed by atoms with van der Waals surface area (Å²) in [6.45, 7) is 3.94. The molecule has 1 aliphatic heterocycles. The number of oxazole rings is 1. The first-order chi connectivity index (χ1) is 14.7. The molecule has 0 saturated carbocycles. The molecule has 0 fully saturated rings. The summed E-state index contributed by atoms with van der Waals surface area (Å²) in [6.07, 6.45) is -3.32. The molecule has 0 amide bonds. The number of aliphatic carboxylic acids is 1. The normalized spacial score (nSPS) is 13.9. The molecule has 0 bridgehead atoms. The smallest absolute Gasteiger partial charge is 0.493 e. The number of halogens is 2. The van der Waals surface area contributed by atoms with E-state index in [0.29, 0.717) is 41.4 Å². The van der Waals surface area contributed by atoms with Gasteiger partial charge in [0.25, 0.3) is 0 Å². The summed E-state index contributed by atoms with van der Waals surface area (Å²) >= 11 is 0. The molecule has 4 rings (SSSR count). The number of fused-ring (bicyclic) bond motifs is 1. The number of alkyl halides is 2. The second-order valence-corrected chi connectivity index (χ2v) is 7.12. The molecular weight excluding hydrogens is 412 g/mol. The maximum Gasteiger partial charge on any atom is 0.586 e. The van der Waals surface area contributed by atoms with Gasteiger partial charge in [-0.3, -0.25) is 4.79 Å². The molecule has 0 aliphatic carbocycles. The fourth-order valence-corrected chi connectivity index (χ4v) is 3.21. The molecule has 1 aromatic heterocycles. The second kappa shape index (κ2) is 7.90. The summed E-state index contributed by atoms with van der Waals surface area (Å²) in [7, 11) is 0. The van der Waals surface area contributed by atoms with Gasteiger partial charge < -0.3 is 23.7 Å². The molecular formula is C22H19F2NO6. The van der Waals surface area contributed by atoms with Gasteiger partial charge in [0, 0.05) is 12.0 Å². The Morgan fingerprint density at radius 3 is 2.68 bits per heavy atom. The van der Waals surface area contributed by atoms with Crippen LogP contribution in [0.1, 0.15) is 22.6 Å². The molecule has 1 N–H and O–H groups in total. The van der Waals surface area contributed by atoms with Crippen molar-refractivity contribution in [3.05, 3.63) is 59.0 Å². The molecule has 2 aromatic carbocycles. The van der Waals surface area contributed by atoms with E-state index in [4.69, 9.17) is 14.3 Å². The van der Waals surface area contributed by atoms with Crippen LogP contribution < -0.4 is 14.2 Å². The van der Waals surface area contributed by atoms with Gasteiger partial charge in [0.05, 0.1) is 18.7 Å². The topological polar surface area (TPSA) is 91.0 Å². The summed E-state index contributed by atoms with van der Waals surface area (Å²) < 4.78 is 46.8. The number of benzene rings is 2. The standard InChI is InChI=1S/C22H19F2NO6/c1-12-3-4-14(10-20(26)27)9-18(12)28-8-7-16-13(2)29-21(25-16)15-5-6-17-19(11-15)31-22(23,24)30-17/h3-6,9,11H,7-8,10H2,1-2H3,(H,26,27). The number of hydrogen-bond donors (Lipinski definition) is 1. The molecule has 0 saturated heterocycles. The van der Waals surface area contributed by atoms with Crippen molar-refractivity contribution in [2.75, 3.05) is 6.61 Å². The third-order valence-corrected chi connectivity index (χ3v) is 4.75. The first-order valence-electron chi connectivity index (χ1n) is 9.51. The number of aryl methyl sites for hydroxylation is 2. The van der Waals surface area contributed by atoms with E-state index in [1.165, 1.54) is 12.1 Å². The number of nitrogens with zero attached hydrogens (tertiary/aromatic N) is 1. The van der Waals surface area contributed by atoms with E-state index in [2.05, 4.69) is 14.5 Å². The molecule has 31 heavy (non-hydrogen) atoms. The summed E-state index contributed by atoms with van der Waals surface area (Å²) in [5.74, 6) is 0.419. The van der Waals surface area contributed by atoms with Crippen molar-refractivity contribution in [3.8, 4) is 28.7 Å². The quantitative estimate of drug-likeness (QED) is 0.588. The minimum atomic E-state index is -3.68. The maximum absolute atomic E-state index is 13.2. The zero-order chi connectivity index (χ0) is 22.2. The minimum absolute atomic E-state index is 0.0499. The van der Waals surface area contributed by atoms with Gasteiger partial charge in [-0.1, -0.05) is 12.1 Å². The lowest BCUT2D eigenvalue weighted by Crippen LogP contribution is -2.25. The van der Waals surface area contributed by atoms with E-state index in [1.54, 1.807) is 25.1 Å². The van der Waals surface area contributed by atoms with Gasteiger partial charge in [0.15, 0.2) is 11.5 Å². The zero-order valence-corrected chi connectivity index (χ0v) is 16.8. The number of rotatable bonds is 7. The van der Waals surface area contributed by atoms with Crippen molar-refractivity contribution < 1.29 is 37.3 Å². The highest BCUT2D eigenvalue weighted by atomic mass is 19.3. The number of carboxylic acid groups (broad SMARTS) is 1. The van der Waals surface area contributed by atoms with Crippen LogP contribution in [-0.2, 0) is 17.6 Å². The van der Waals surface area contributed by atoms with Gasteiger partial charge in [-0.2, -0.15) is 0 Å². The van der Waals surface area contributed by atoms with E-state index in [0.717, 1.165) is 5.56 Å². The van der Waals surface area contributed by atoms with Gasteiger partial charge >= 0.3 is 12.3 Å². The molecule has 7 nitrogen and oxygen atoms in total. The highest BCUT2D eigenvalue weighted by Gasteiger charge is 2.43. The average molecular weight is 431 g/mol. The predicted molar refractivity (Wildman–Crippen MR) is 105 cm³/mol. The lowest BCUT2D eigenvalue weighted by Gasteiger charge is -2.10. The largest absolute Gasteiger partial charge is 0.586 e. The highest BCUT2D eigenvalue weighted by Crippen LogP contribution is 2.42. The molecule has 9 heteroatoms. The summed E-state index contributed by atoms with van der Waals surface area (Å²) in [6, 6.07) is 9.61. The van der Waals surface area contributed by atoms with E-state index in [9.17, 15) is 13.6 Å². The van der Waals surface area contributed by atoms with Crippen molar-refractivity contribution in [3.63, 3.8) is 0 Å². The number of carboxylic acids is 1. The van der Waals surface area contributed by atoms with Crippen molar-refractivity contribution in [2.24, 2.45) is 0 Å². The second-order valence-electron chi connectivity index (χ2n) is 7.12. The summed E-state index contributed by atoms with van der Waals surface area (Å²) in [4.78, 5) is 15.3. The Morgan fingerprint density at radius 2 is 1.90 bits per heavy atom. The monoisotopic (exact) mass is 431 g/mol. The third kappa shape index (κ3) is 4.60. The van der Waals surface area contributed by atoms with Crippen LogP contribution in [0.25, 0.3) is 11.5 Å². The van der Waals surface area contributed by atoms with Crippen LogP contribution in [0.2, 0.25) is 0 Å². The van der Waals surface area contributed by atoms with Crippen LogP contribution in [0.15, 0.2) is 40.8 Å². The van der Waals surface area contributed by atoms with Crippen LogP contribution in [0.5, 0.6) is 17.2 Å². The lowest BCUT2D eigenvalue weighted by atomic mass is 10.1. The van der Waals surface area contributed by atoms with Gasteiger partial charge in [-0.15, -0.1) is 8.78 Å².